The standard InChI is InChI=1S/C16H16O2/c1-11-5-4-6-12(2)16(11)18-15-9-7-14(8-10-15)13(3)17/h4-10H,1-3H3. The summed E-state index contributed by atoms with van der Waals surface area (Å²) in [6.45, 7) is 5.60. The smallest absolute Gasteiger partial charge is 0.159 e. The molecule has 0 heterocycles. The second-order valence-corrected chi connectivity index (χ2v) is 4.40. The summed E-state index contributed by atoms with van der Waals surface area (Å²) in [4.78, 5) is 11.2. The molecule has 2 aromatic rings. The molecule has 0 aliphatic rings. The zero-order chi connectivity index (χ0) is 13.1. The van der Waals surface area contributed by atoms with Gasteiger partial charge in [-0.05, 0) is 56.2 Å². The summed E-state index contributed by atoms with van der Waals surface area (Å²) >= 11 is 0. The molecule has 0 amide bonds. The van der Waals surface area contributed by atoms with Crippen LogP contribution in [0.15, 0.2) is 42.5 Å². The van der Waals surface area contributed by atoms with Crippen LogP contribution in [0.5, 0.6) is 11.5 Å². The van der Waals surface area contributed by atoms with Gasteiger partial charge in [0.25, 0.3) is 0 Å². The highest BCUT2D eigenvalue weighted by molar-refractivity contribution is 5.94. The Morgan fingerprint density at radius 2 is 1.50 bits per heavy atom. The molecule has 0 radical (unpaired) electrons. The molecule has 0 aromatic heterocycles. The van der Waals surface area contributed by atoms with E-state index in [9.17, 15) is 4.79 Å². The van der Waals surface area contributed by atoms with Gasteiger partial charge in [-0.1, -0.05) is 18.2 Å². The summed E-state index contributed by atoms with van der Waals surface area (Å²) < 4.78 is 5.86. The van der Waals surface area contributed by atoms with Gasteiger partial charge in [0.2, 0.25) is 0 Å². The third kappa shape index (κ3) is 2.59. The molecule has 0 saturated carbocycles. The lowest BCUT2D eigenvalue weighted by Crippen LogP contribution is -1.93. The van der Waals surface area contributed by atoms with Crippen LogP contribution in [-0.2, 0) is 0 Å². The number of ether oxygens (including phenoxy) is 1. The number of hydrogen-bond donors (Lipinski definition) is 0. The summed E-state index contributed by atoms with van der Waals surface area (Å²) in [7, 11) is 0. The molecular weight excluding hydrogens is 224 g/mol. The number of rotatable bonds is 3. The molecule has 0 spiro atoms. The average Bonchev–Trinajstić information content (AvgIpc) is 2.34. The Kier molecular flexibility index (Phi) is 3.47. The Balaban J connectivity index is 2.26. The second-order valence-electron chi connectivity index (χ2n) is 4.40. The van der Waals surface area contributed by atoms with E-state index < -0.39 is 0 Å². The van der Waals surface area contributed by atoms with Crippen molar-refractivity contribution in [1.82, 2.24) is 0 Å². The van der Waals surface area contributed by atoms with Crippen molar-refractivity contribution >= 4 is 5.78 Å². The first-order valence-corrected chi connectivity index (χ1v) is 5.93. The number of carbonyl (C=O) groups is 1. The summed E-state index contributed by atoms with van der Waals surface area (Å²) in [6, 6.07) is 13.3. The molecule has 0 aliphatic carbocycles. The predicted octanol–water partition coefficient (Wildman–Crippen LogP) is 4.30. The number of hydrogen-bond acceptors (Lipinski definition) is 2. The molecule has 2 rings (SSSR count). The van der Waals surface area contributed by atoms with Gasteiger partial charge in [0, 0.05) is 5.56 Å². The first kappa shape index (κ1) is 12.4. The Morgan fingerprint density at radius 3 is 2.00 bits per heavy atom. The maximum absolute atomic E-state index is 11.2. The van der Waals surface area contributed by atoms with Gasteiger partial charge in [0.05, 0.1) is 0 Å². The van der Waals surface area contributed by atoms with Crippen molar-refractivity contribution in [2.45, 2.75) is 20.8 Å². The quantitative estimate of drug-likeness (QED) is 0.748. The SMILES string of the molecule is CC(=O)c1ccc(Oc2c(C)cccc2C)cc1. The minimum Gasteiger partial charge on any atom is -0.457 e. The Labute approximate surface area is 107 Å². The Hall–Kier alpha value is -2.09. The molecule has 0 unspecified atom stereocenters. The molecule has 2 aromatic carbocycles. The van der Waals surface area contributed by atoms with E-state index in [1.807, 2.05) is 44.2 Å². The van der Waals surface area contributed by atoms with Crippen LogP contribution in [0.1, 0.15) is 28.4 Å². The van der Waals surface area contributed by atoms with Crippen molar-refractivity contribution in [2.24, 2.45) is 0 Å². The Morgan fingerprint density at radius 1 is 0.944 bits per heavy atom. The predicted molar refractivity (Wildman–Crippen MR) is 72.4 cm³/mol. The normalized spacial score (nSPS) is 10.2. The van der Waals surface area contributed by atoms with Gasteiger partial charge >= 0.3 is 0 Å². The van der Waals surface area contributed by atoms with Crippen molar-refractivity contribution in [3.8, 4) is 11.5 Å². The summed E-state index contributed by atoms with van der Waals surface area (Å²) in [6.07, 6.45) is 0. The lowest BCUT2D eigenvalue weighted by atomic mass is 10.1. The average molecular weight is 240 g/mol. The van der Waals surface area contributed by atoms with Crippen molar-refractivity contribution in [2.75, 3.05) is 0 Å². The molecule has 18 heavy (non-hydrogen) atoms. The summed E-state index contributed by atoms with van der Waals surface area (Å²) in [5.41, 5.74) is 2.90. The fraction of sp³-hybridized carbons (Fsp3) is 0.188. The van der Waals surface area contributed by atoms with E-state index in [1.54, 1.807) is 19.1 Å². The van der Waals surface area contributed by atoms with Gasteiger partial charge in [0.1, 0.15) is 11.5 Å². The molecule has 0 aliphatic heterocycles. The van der Waals surface area contributed by atoms with E-state index in [-0.39, 0.29) is 5.78 Å². The zero-order valence-electron chi connectivity index (χ0n) is 10.9. The second kappa shape index (κ2) is 5.05. The maximum Gasteiger partial charge on any atom is 0.159 e. The molecule has 2 nitrogen and oxygen atoms in total. The minimum atomic E-state index is 0.0635. The molecule has 2 heteroatoms. The van der Waals surface area contributed by atoms with Crippen LogP contribution in [0.4, 0.5) is 0 Å². The topological polar surface area (TPSA) is 26.3 Å². The first-order valence-electron chi connectivity index (χ1n) is 5.93. The van der Waals surface area contributed by atoms with Gasteiger partial charge in [-0.2, -0.15) is 0 Å². The van der Waals surface area contributed by atoms with Crippen molar-refractivity contribution in [1.29, 1.82) is 0 Å². The molecule has 0 atom stereocenters. The molecule has 92 valence electrons. The molecule has 0 bridgehead atoms. The third-order valence-electron chi connectivity index (χ3n) is 2.89. The van der Waals surface area contributed by atoms with Crippen LogP contribution < -0.4 is 4.74 Å². The third-order valence-corrected chi connectivity index (χ3v) is 2.89. The van der Waals surface area contributed by atoms with Crippen molar-refractivity contribution in [3.63, 3.8) is 0 Å². The van der Waals surface area contributed by atoms with Gasteiger partial charge in [-0.25, -0.2) is 0 Å². The van der Waals surface area contributed by atoms with E-state index in [1.165, 1.54) is 0 Å². The van der Waals surface area contributed by atoms with Gasteiger partial charge in [-0.3, -0.25) is 4.79 Å². The molecule has 0 N–H and O–H groups in total. The van der Waals surface area contributed by atoms with Crippen LogP contribution >= 0.6 is 0 Å². The highest BCUT2D eigenvalue weighted by Gasteiger charge is 2.05. The van der Waals surface area contributed by atoms with Crippen LogP contribution in [-0.4, -0.2) is 5.78 Å². The fourth-order valence-electron chi connectivity index (χ4n) is 1.84. The summed E-state index contributed by atoms with van der Waals surface area (Å²) in [5, 5.41) is 0. The number of carbonyl (C=O) groups excluding carboxylic acids is 1. The van der Waals surface area contributed by atoms with Crippen molar-refractivity contribution < 1.29 is 9.53 Å². The molecule has 0 saturated heterocycles. The fourth-order valence-corrected chi connectivity index (χ4v) is 1.84. The van der Waals surface area contributed by atoms with E-state index >= 15 is 0 Å². The van der Waals surface area contributed by atoms with E-state index in [0.29, 0.717) is 5.56 Å². The monoisotopic (exact) mass is 240 g/mol. The lowest BCUT2D eigenvalue weighted by Gasteiger charge is -2.11. The van der Waals surface area contributed by atoms with Crippen LogP contribution in [0.25, 0.3) is 0 Å². The maximum atomic E-state index is 11.2. The van der Waals surface area contributed by atoms with Crippen LogP contribution in [0.3, 0.4) is 0 Å². The number of para-hydroxylation sites is 1. The van der Waals surface area contributed by atoms with Gasteiger partial charge in [-0.15, -0.1) is 0 Å². The van der Waals surface area contributed by atoms with E-state index in [4.69, 9.17) is 4.74 Å². The number of aryl methyl sites for hydroxylation is 2. The van der Waals surface area contributed by atoms with Crippen LogP contribution in [0, 0.1) is 13.8 Å². The number of Topliss-reactive ketones (excluding diaryl/α,β-unsaturated/α-hetero) is 1. The molecular formula is C16H16O2. The molecule has 0 fully saturated rings. The largest absolute Gasteiger partial charge is 0.457 e. The van der Waals surface area contributed by atoms with Gasteiger partial charge in [0.15, 0.2) is 5.78 Å². The zero-order valence-corrected chi connectivity index (χ0v) is 10.9. The highest BCUT2D eigenvalue weighted by atomic mass is 16.5. The van der Waals surface area contributed by atoms with Gasteiger partial charge < -0.3 is 4.74 Å². The first-order chi connectivity index (χ1) is 8.58. The Bertz CT molecular complexity index is 548. The summed E-state index contributed by atoms with van der Waals surface area (Å²) in [5.74, 6) is 1.69. The van der Waals surface area contributed by atoms with Crippen LogP contribution in [0.2, 0.25) is 0 Å². The lowest BCUT2D eigenvalue weighted by molar-refractivity contribution is 0.101. The van der Waals surface area contributed by atoms with E-state index in [0.717, 1.165) is 22.6 Å². The highest BCUT2D eigenvalue weighted by Crippen LogP contribution is 2.28. The van der Waals surface area contributed by atoms with E-state index in [2.05, 4.69) is 0 Å². The van der Waals surface area contributed by atoms with Crippen molar-refractivity contribution in [3.05, 3.63) is 59.2 Å². The number of ketones is 1. The number of benzene rings is 2. The minimum absolute atomic E-state index is 0.0635.